The van der Waals surface area contributed by atoms with E-state index < -0.39 is 28.5 Å². The van der Waals surface area contributed by atoms with Crippen molar-refractivity contribution in [1.82, 2.24) is 10.2 Å². The zero-order valence-electron chi connectivity index (χ0n) is 20.6. The van der Waals surface area contributed by atoms with Crippen LogP contribution < -0.4 is 9.62 Å². The molecule has 0 aromatic heterocycles. The second-order valence-electron chi connectivity index (χ2n) is 8.64. The van der Waals surface area contributed by atoms with Crippen molar-refractivity contribution < 1.29 is 18.0 Å². The van der Waals surface area contributed by atoms with E-state index in [-0.39, 0.29) is 18.5 Å². The number of nitrogens with one attached hydrogen (secondary N) is 1. The Morgan fingerprint density at radius 2 is 1.71 bits per heavy atom. The van der Waals surface area contributed by atoms with Gasteiger partial charge in [0, 0.05) is 17.6 Å². The lowest BCUT2D eigenvalue weighted by Gasteiger charge is -2.32. The van der Waals surface area contributed by atoms with Crippen LogP contribution in [-0.2, 0) is 26.2 Å². The summed E-state index contributed by atoms with van der Waals surface area (Å²) in [4.78, 5) is 28.0. The van der Waals surface area contributed by atoms with Gasteiger partial charge in [0.05, 0.1) is 11.9 Å². The van der Waals surface area contributed by atoms with Gasteiger partial charge < -0.3 is 10.2 Å². The van der Waals surface area contributed by atoms with Crippen LogP contribution in [0, 0.1) is 13.8 Å². The number of hydrogen-bond donors (Lipinski definition) is 1. The Morgan fingerprint density at radius 1 is 1.06 bits per heavy atom. The molecular weight excluding hydrogens is 474 g/mol. The molecule has 0 radical (unpaired) electrons. The molecule has 2 aromatic carbocycles. The van der Waals surface area contributed by atoms with Crippen LogP contribution in [0.15, 0.2) is 42.5 Å². The summed E-state index contributed by atoms with van der Waals surface area (Å²) in [6, 6.07) is 11.6. The summed E-state index contributed by atoms with van der Waals surface area (Å²) in [5, 5.41) is 3.28. The van der Waals surface area contributed by atoms with Gasteiger partial charge in [-0.05, 0) is 62.9 Å². The molecule has 0 aliphatic heterocycles. The minimum absolute atomic E-state index is 0.0491. The zero-order valence-corrected chi connectivity index (χ0v) is 22.2. The van der Waals surface area contributed by atoms with Crippen LogP contribution in [0.1, 0.15) is 43.9 Å². The van der Waals surface area contributed by atoms with E-state index in [1.165, 1.54) is 11.0 Å². The summed E-state index contributed by atoms with van der Waals surface area (Å²) in [7, 11) is -3.81. The smallest absolute Gasteiger partial charge is 0.244 e. The normalized spacial score (nSPS) is 13.1. The van der Waals surface area contributed by atoms with E-state index in [9.17, 15) is 18.0 Å². The Balaban J connectivity index is 2.45. The molecule has 0 spiro atoms. The molecule has 1 N–H and O–H groups in total. The number of amides is 2. The monoisotopic (exact) mass is 507 g/mol. The van der Waals surface area contributed by atoms with E-state index in [1.54, 1.807) is 26.0 Å². The van der Waals surface area contributed by atoms with Gasteiger partial charge >= 0.3 is 0 Å². The summed E-state index contributed by atoms with van der Waals surface area (Å²) in [6.07, 6.45) is 1.80. The van der Waals surface area contributed by atoms with E-state index in [1.807, 2.05) is 45.0 Å². The molecule has 9 heteroatoms. The zero-order chi connectivity index (χ0) is 25.6. The van der Waals surface area contributed by atoms with Crippen molar-refractivity contribution in [2.75, 3.05) is 17.1 Å². The second kappa shape index (κ2) is 11.7. The average Bonchev–Trinajstić information content (AvgIpc) is 2.77. The first-order valence-electron chi connectivity index (χ1n) is 11.2. The number of halogens is 1. The van der Waals surface area contributed by atoms with Gasteiger partial charge in [-0.1, -0.05) is 48.9 Å². The third-order valence-corrected chi connectivity index (χ3v) is 7.25. The highest BCUT2D eigenvalue weighted by Crippen LogP contribution is 2.27. The lowest BCUT2D eigenvalue weighted by molar-refractivity contribution is -0.139. The molecule has 2 atom stereocenters. The summed E-state index contributed by atoms with van der Waals surface area (Å²) in [5.41, 5.74) is 2.84. The maximum atomic E-state index is 13.6. The molecule has 2 unspecified atom stereocenters. The predicted molar refractivity (Wildman–Crippen MR) is 137 cm³/mol. The number of nitrogens with zero attached hydrogens (tertiary/aromatic N) is 2. The van der Waals surface area contributed by atoms with Gasteiger partial charge in [0.1, 0.15) is 12.6 Å². The molecule has 0 fully saturated rings. The van der Waals surface area contributed by atoms with Crippen molar-refractivity contribution in [3.63, 3.8) is 0 Å². The number of aryl methyl sites for hydroxylation is 2. The Bertz CT molecular complexity index is 1140. The van der Waals surface area contributed by atoms with E-state index in [0.717, 1.165) is 28.1 Å². The van der Waals surface area contributed by atoms with E-state index in [2.05, 4.69) is 5.32 Å². The predicted octanol–water partition coefficient (Wildman–Crippen LogP) is 4.05. The fourth-order valence-corrected chi connectivity index (χ4v) is 4.53. The number of carbonyl (C=O) groups is 2. The second-order valence-corrected chi connectivity index (χ2v) is 11.0. The summed E-state index contributed by atoms with van der Waals surface area (Å²) >= 11 is 6.12. The molecular formula is C25H34ClN3O4S. The van der Waals surface area contributed by atoms with Crippen LogP contribution in [0.3, 0.4) is 0 Å². The lowest BCUT2D eigenvalue weighted by atomic mass is 10.1. The Labute approximate surface area is 208 Å². The van der Waals surface area contributed by atoms with Gasteiger partial charge in [-0.3, -0.25) is 13.9 Å². The standard InChI is InChI=1S/C25H34ClN3O4S/c1-7-19(4)27-25(31)20(5)28(15-21-11-9-8-10-17(21)2)24(30)16-29(34(6,32)33)23-14-22(26)13-12-18(23)3/h8-14,19-20H,7,15-16H2,1-6H3,(H,27,31). The van der Waals surface area contributed by atoms with Gasteiger partial charge in [-0.15, -0.1) is 0 Å². The maximum Gasteiger partial charge on any atom is 0.244 e. The molecule has 7 nitrogen and oxygen atoms in total. The Hall–Kier alpha value is -2.58. The molecule has 0 aliphatic rings. The molecule has 186 valence electrons. The van der Waals surface area contributed by atoms with Gasteiger partial charge in [0.2, 0.25) is 21.8 Å². The quantitative estimate of drug-likeness (QED) is 0.525. The van der Waals surface area contributed by atoms with Crippen molar-refractivity contribution in [2.45, 2.75) is 59.7 Å². The van der Waals surface area contributed by atoms with Crippen LogP contribution in [-0.4, -0.2) is 50.0 Å². The van der Waals surface area contributed by atoms with Crippen molar-refractivity contribution in [3.05, 3.63) is 64.2 Å². The number of rotatable bonds is 10. The molecule has 0 aliphatic carbocycles. The SMILES string of the molecule is CCC(C)NC(=O)C(C)N(Cc1ccccc1C)C(=O)CN(c1cc(Cl)ccc1C)S(C)(=O)=O. The van der Waals surface area contributed by atoms with Crippen molar-refractivity contribution in [2.24, 2.45) is 0 Å². The molecule has 2 amide bonds. The van der Waals surface area contributed by atoms with Gasteiger partial charge in [-0.2, -0.15) is 0 Å². The van der Waals surface area contributed by atoms with Crippen LogP contribution >= 0.6 is 11.6 Å². The fourth-order valence-electron chi connectivity index (χ4n) is 3.47. The maximum absolute atomic E-state index is 13.6. The van der Waals surface area contributed by atoms with Gasteiger partial charge in [-0.25, -0.2) is 8.42 Å². The highest BCUT2D eigenvalue weighted by Gasteiger charge is 2.31. The van der Waals surface area contributed by atoms with Crippen molar-refractivity contribution in [1.29, 1.82) is 0 Å². The molecule has 2 aromatic rings. The Morgan fingerprint density at radius 3 is 2.29 bits per heavy atom. The van der Waals surface area contributed by atoms with Crippen molar-refractivity contribution in [3.8, 4) is 0 Å². The topological polar surface area (TPSA) is 86.8 Å². The first-order chi connectivity index (χ1) is 15.8. The third kappa shape index (κ3) is 7.21. The summed E-state index contributed by atoms with van der Waals surface area (Å²) < 4.78 is 26.4. The van der Waals surface area contributed by atoms with Crippen LogP contribution in [0.4, 0.5) is 5.69 Å². The molecule has 0 saturated heterocycles. The van der Waals surface area contributed by atoms with E-state index >= 15 is 0 Å². The van der Waals surface area contributed by atoms with Crippen LogP contribution in [0.25, 0.3) is 0 Å². The summed E-state index contributed by atoms with van der Waals surface area (Å²) in [6.45, 7) is 8.92. The number of sulfonamides is 1. The molecule has 0 bridgehead atoms. The minimum Gasteiger partial charge on any atom is -0.352 e. The van der Waals surface area contributed by atoms with Gasteiger partial charge in [0.25, 0.3) is 0 Å². The van der Waals surface area contributed by atoms with Crippen LogP contribution in [0.2, 0.25) is 5.02 Å². The Kier molecular flexibility index (Phi) is 9.53. The first kappa shape index (κ1) is 27.7. The average molecular weight is 508 g/mol. The minimum atomic E-state index is -3.81. The fraction of sp³-hybridized carbons (Fsp3) is 0.440. The van der Waals surface area contributed by atoms with Gasteiger partial charge in [0.15, 0.2) is 0 Å². The number of anilines is 1. The molecule has 0 saturated carbocycles. The largest absolute Gasteiger partial charge is 0.352 e. The number of hydrogen-bond acceptors (Lipinski definition) is 4. The molecule has 0 heterocycles. The number of benzene rings is 2. The number of carbonyl (C=O) groups excluding carboxylic acids is 2. The molecule has 34 heavy (non-hydrogen) atoms. The molecule has 2 rings (SSSR count). The lowest BCUT2D eigenvalue weighted by Crippen LogP contribution is -2.52. The summed E-state index contributed by atoms with van der Waals surface area (Å²) in [5.74, 6) is -0.777. The highest BCUT2D eigenvalue weighted by atomic mass is 35.5. The van der Waals surface area contributed by atoms with E-state index in [4.69, 9.17) is 11.6 Å². The van der Waals surface area contributed by atoms with Crippen molar-refractivity contribution >= 4 is 39.1 Å². The highest BCUT2D eigenvalue weighted by molar-refractivity contribution is 7.92. The van der Waals surface area contributed by atoms with Crippen LogP contribution in [0.5, 0.6) is 0 Å². The van der Waals surface area contributed by atoms with E-state index in [0.29, 0.717) is 16.3 Å². The third-order valence-electron chi connectivity index (χ3n) is 5.89. The first-order valence-corrected chi connectivity index (χ1v) is 13.5.